The highest BCUT2D eigenvalue weighted by molar-refractivity contribution is 5.62. The highest BCUT2D eigenvalue weighted by Gasteiger charge is 2.07. The second-order valence-corrected chi connectivity index (χ2v) is 4.88. The molecular weight excluding hydrogens is 238 g/mol. The van der Waals surface area contributed by atoms with Crippen LogP contribution in [0.15, 0.2) is 35.1 Å². The standard InChI is InChI=1S/C15H19N3O/c1-4-18-15(19)13(16)9-14(17-18)12-7-5-11(6-8-12)10(2)3/h5-10H,4,16H2,1-3H3. The Balaban J connectivity index is 2.47. The number of nitrogens with zero attached hydrogens (tertiary/aromatic N) is 2. The summed E-state index contributed by atoms with van der Waals surface area (Å²) in [5.74, 6) is 0.497. The molecule has 0 aliphatic carbocycles. The number of aryl methyl sites for hydroxylation is 1. The lowest BCUT2D eigenvalue weighted by Crippen LogP contribution is -2.24. The van der Waals surface area contributed by atoms with Crippen molar-refractivity contribution in [1.82, 2.24) is 9.78 Å². The number of anilines is 1. The Morgan fingerprint density at radius 3 is 2.42 bits per heavy atom. The summed E-state index contributed by atoms with van der Waals surface area (Å²) in [6, 6.07) is 9.83. The quantitative estimate of drug-likeness (QED) is 0.919. The molecule has 0 unspecified atom stereocenters. The van der Waals surface area contributed by atoms with Crippen LogP contribution in [0.1, 0.15) is 32.3 Å². The SMILES string of the molecule is CCn1nc(-c2ccc(C(C)C)cc2)cc(N)c1=O. The van der Waals surface area contributed by atoms with Gasteiger partial charge in [0, 0.05) is 12.1 Å². The van der Waals surface area contributed by atoms with Crippen LogP contribution in [0.3, 0.4) is 0 Å². The number of benzene rings is 1. The summed E-state index contributed by atoms with van der Waals surface area (Å²) in [5.41, 5.74) is 8.72. The highest BCUT2D eigenvalue weighted by Crippen LogP contribution is 2.21. The van der Waals surface area contributed by atoms with Gasteiger partial charge >= 0.3 is 0 Å². The third-order valence-electron chi connectivity index (χ3n) is 3.17. The number of hydrogen-bond donors (Lipinski definition) is 1. The summed E-state index contributed by atoms with van der Waals surface area (Å²) < 4.78 is 1.39. The fourth-order valence-electron chi connectivity index (χ4n) is 1.96. The molecule has 4 heteroatoms. The monoisotopic (exact) mass is 257 g/mol. The molecule has 0 saturated heterocycles. The molecule has 1 heterocycles. The lowest BCUT2D eigenvalue weighted by Gasteiger charge is -2.09. The molecule has 0 aliphatic rings. The summed E-state index contributed by atoms with van der Waals surface area (Å²) in [7, 11) is 0. The third-order valence-corrected chi connectivity index (χ3v) is 3.17. The summed E-state index contributed by atoms with van der Waals surface area (Å²) >= 11 is 0. The molecule has 2 aromatic rings. The zero-order valence-corrected chi connectivity index (χ0v) is 11.6. The van der Waals surface area contributed by atoms with Crippen molar-refractivity contribution in [1.29, 1.82) is 0 Å². The molecule has 0 saturated carbocycles. The molecule has 1 aromatic carbocycles. The first-order chi connectivity index (χ1) is 9.02. The molecule has 0 radical (unpaired) electrons. The number of nitrogen functional groups attached to an aromatic ring is 1. The van der Waals surface area contributed by atoms with E-state index < -0.39 is 0 Å². The van der Waals surface area contributed by atoms with E-state index in [0.29, 0.717) is 12.5 Å². The number of aromatic nitrogens is 2. The maximum atomic E-state index is 11.7. The van der Waals surface area contributed by atoms with Crippen LogP contribution in [0.5, 0.6) is 0 Å². The normalized spacial score (nSPS) is 10.9. The van der Waals surface area contributed by atoms with E-state index >= 15 is 0 Å². The van der Waals surface area contributed by atoms with Crippen LogP contribution in [0, 0.1) is 0 Å². The van der Waals surface area contributed by atoms with Gasteiger partial charge in [-0.05, 0) is 24.5 Å². The molecule has 2 rings (SSSR count). The Hall–Kier alpha value is -2.10. The van der Waals surface area contributed by atoms with Crippen molar-refractivity contribution >= 4 is 5.69 Å². The van der Waals surface area contributed by atoms with Gasteiger partial charge in [-0.15, -0.1) is 0 Å². The maximum absolute atomic E-state index is 11.7. The summed E-state index contributed by atoms with van der Waals surface area (Å²) in [4.78, 5) is 11.7. The first-order valence-electron chi connectivity index (χ1n) is 6.51. The molecule has 0 fully saturated rings. The Morgan fingerprint density at radius 2 is 1.89 bits per heavy atom. The van der Waals surface area contributed by atoms with Crippen LogP contribution in [0.2, 0.25) is 0 Å². The predicted octanol–water partition coefficient (Wildman–Crippen LogP) is 2.64. The largest absolute Gasteiger partial charge is 0.394 e. The zero-order valence-electron chi connectivity index (χ0n) is 11.6. The minimum absolute atomic E-state index is 0.231. The summed E-state index contributed by atoms with van der Waals surface area (Å²) in [6.07, 6.45) is 0. The van der Waals surface area contributed by atoms with Crippen molar-refractivity contribution in [2.75, 3.05) is 5.73 Å². The van der Waals surface area contributed by atoms with Gasteiger partial charge in [-0.1, -0.05) is 38.1 Å². The van der Waals surface area contributed by atoms with Crippen molar-refractivity contribution in [3.63, 3.8) is 0 Å². The molecule has 2 N–H and O–H groups in total. The van der Waals surface area contributed by atoms with Crippen molar-refractivity contribution in [2.45, 2.75) is 33.2 Å². The first-order valence-corrected chi connectivity index (χ1v) is 6.51. The van der Waals surface area contributed by atoms with E-state index in [4.69, 9.17) is 5.73 Å². The van der Waals surface area contributed by atoms with Gasteiger partial charge in [0.2, 0.25) is 0 Å². The topological polar surface area (TPSA) is 60.9 Å². The van der Waals surface area contributed by atoms with E-state index in [-0.39, 0.29) is 11.2 Å². The van der Waals surface area contributed by atoms with Gasteiger partial charge in [0.05, 0.1) is 5.69 Å². The molecule has 0 amide bonds. The Morgan fingerprint density at radius 1 is 1.26 bits per heavy atom. The number of hydrogen-bond acceptors (Lipinski definition) is 3. The van der Waals surface area contributed by atoms with Crippen LogP contribution < -0.4 is 11.3 Å². The lowest BCUT2D eigenvalue weighted by molar-refractivity contribution is 0.621. The molecule has 0 spiro atoms. The molecule has 4 nitrogen and oxygen atoms in total. The molecular formula is C15H19N3O. The molecule has 100 valence electrons. The van der Waals surface area contributed by atoms with Crippen molar-refractivity contribution in [3.05, 3.63) is 46.2 Å². The lowest BCUT2D eigenvalue weighted by atomic mass is 10.0. The highest BCUT2D eigenvalue weighted by atomic mass is 16.1. The average Bonchev–Trinajstić information content (AvgIpc) is 2.41. The van der Waals surface area contributed by atoms with Gasteiger partial charge in [-0.25, -0.2) is 4.68 Å². The third kappa shape index (κ3) is 2.67. The number of nitrogens with two attached hydrogens (primary N) is 1. The van der Waals surface area contributed by atoms with Crippen LogP contribution in [0.25, 0.3) is 11.3 Å². The minimum atomic E-state index is -0.231. The Kier molecular flexibility index (Phi) is 3.69. The van der Waals surface area contributed by atoms with E-state index in [0.717, 1.165) is 11.3 Å². The fraction of sp³-hybridized carbons (Fsp3) is 0.333. The molecule has 0 atom stereocenters. The second-order valence-electron chi connectivity index (χ2n) is 4.88. The predicted molar refractivity (Wildman–Crippen MR) is 78.1 cm³/mol. The molecule has 19 heavy (non-hydrogen) atoms. The van der Waals surface area contributed by atoms with Crippen LogP contribution in [-0.4, -0.2) is 9.78 Å². The van der Waals surface area contributed by atoms with Gasteiger partial charge in [-0.3, -0.25) is 4.79 Å². The second kappa shape index (κ2) is 5.26. The van der Waals surface area contributed by atoms with Gasteiger partial charge in [0.1, 0.15) is 5.69 Å². The van der Waals surface area contributed by atoms with Gasteiger partial charge in [0.25, 0.3) is 5.56 Å². The smallest absolute Gasteiger partial charge is 0.289 e. The maximum Gasteiger partial charge on any atom is 0.289 e. The van der Waals surface area contributed by atoms with Crippen LogP contribution >= 0.6 is 0 Å². The molecule has 1 aromatic heterocycles. The van der Waals surface area contributed by atoms with Gasteiger partial charge < -0.3 is 5.73 Å². The minimum Gasteiger partial charge on any atom is -0.394 e. The van der Waals surface area contributed by atoms with E-state index in [1.54, 1.807) is 6.07 Å². The van der Waals surface area contributed by atoms with Crippen LogP contribution in [-0.2, 0) is 6.54 Å². The number of rotatable bonds is 3. The summed E-state index contributed by atoms with van der Waals surface area (Å²) in [5, 5.41) is 4.32. The Bertz CT molecular complexity index is 627. The zero-order chi connectivity index (χ0) is 14.0. The van der Waals surface area contributed by atoms with Crippen molar-refractivity contribution in [2.24, 2.45) is 0 Å². The van der Waals surface area contributed by atoms with Crippen LogP contribution in [0.4, 0.5) is 5.69 Å². The first kappa shape index (κ1) is 13.3. The molecule has 0 bridgehead atoms. The van der Waals surface area contributed by atoms with E-state index in [1.807, 2.05) is 19.1 Å². The van der Waals surface area contributed by atoms with Gasteiger partial charge in [0.15, 0.2) is 0 Å². The van der Waals surface area contributed by atoms with E-state index in [9.17, 15) is 4.79 Å². The molecule has 0 aliphatic heterocycles. The van der Waals surface area contributed by atoms with E-state index in [2.05, 4.69) is 31.1 Å². The van der Waals surface area contributed by atoms with Gasteiger partial charge in [-0.2, -0.15) is 5.10 Å². The fourth-order valence-corrected chi connectivity index (χ4v) is 1.96. The van der Waals surface area contributed by atoms with E-state index in [1.165, 1.54) is 10.2 Å². The summed E-state index contributed by atoms with van der Waals surface area (Å²) in [6.45, 7) is 6.70. The van der Waals surface area contributed by atoms with Crippen molar-refractivity contribution < 1.29 is 0 Å². The average molecular weight is 257 g/mol. The Labute approximate surface area is 112 Å². The van der Waals surface area contributed by atoms with Crippen molar-refractivity contribution in [3.8, 4) is 11.3 Å².